The summed E-state index contributed by atoms with van der Waals surface area (Å²) in [5, 5.41) is 11.1. The molecule has 0 spiro atoms. The summed E-state index contributed by atoms with van der Waals surface area (Å²) in [4.78, 5) is 11.2. The van der Waals surface area contributed by atoms with Crippen molar-refractivity contribution in [2.75, 3.05) is 5.32 Å². The third-order valence-corrected chi connectivity index (χ3v) is 3.25. The van der Waals surface area contributed by atoms with Gasteiger partial charge in [0, 0.05) is 12.1 Å². The number of hydrogen-bond donors (Lipinski definition) is 1. The molecule has 0 heterocycles. The molecule has 3 nitrogen and oxygen atoms in total. The van der Waals surface area contributed by atoms with Crippen LogP contribution in [0.3, 0.4) is 0 Å². The molecule has 0 amide bonds. The highest BCUT2D eigenvalue weighted by Crippen LogP contribution is 2.37. The summed E-state index contributed by atoms with van der Waals surface area (Å²) >= 11 is 4.77. The molecular weight excluding hydrogens is 370 g/mol. The molecule has 0 fully saturated rings. The number of nitrogens with zero attached hydrogens (tertiary/aromatic N) is 1. The third kappa shape index (κ3) is 5.56. The monoisotopic (exact) mass is 380 g/mol. The molecular formula is C15H10F6N2OS. The van der Waals surface area contributed by atoms with E-state index in [9.17, 15) is 31.1 Å². The van der Waals surface area contributed by atoms with E-state index in [4.69, 9.17) is 17.5 Å². The number of rotatable bonds is 5. The highest BCUT2D eigenvalue weighted by atomic mass is 32.1. The van der Waals surface area contributed by atoms with Gasteiger partial charge >= 0.3 is 12.4 Å². The van der Waals surface area contributed by atoms with Gasteiger partial charge in [-0.2, -0.15) is 31.6 Å². The maximum Gasteiger partial charge on any atom is 0.416 e. The lowest BCUT2D eigenvalue weighted by Crippen LogP contribution is -2.27. The minimum atomic E-state index is -5.02. The van der Waals surface area contributed by atoms with Gasteiger partial charge in [-0.15, -0.1) is 6.58 Å². The molecule has 10 heteroatoms. The first-order valence-corrected chi connectivity index (χ1v) is 6.94. The maximum atomic E-state index is 12.8. The van der Waals surface area contributed by atoms with Crippen LogP contribution in [0.5, 0.6) is 0 Å². The molecule has 1 rings (SSSR count). The van der Waals surface area contributed by atoms with Gasteiger partial charge in [-0.25, -0.2) is 0 Å². The number of benzene rings is 1. The number of alkyl halides is 6. The normalized spacial score (nSPS) is 12.8. The van der Waals surface area contributed by atoms with Crippen molar-refractivity contribution < 1.29 is 31.1 Å². The smallest absolute Gasteiger partial charge is 0.349 e. The van der Waals surface area contributed by atoms with Crippen LogP contribution in [0, 0.1) is 17.2 Å². The van der Waals surface area contributed by atoms with E-state index in [0.717, 1.165) is 0 Å². The topological polar surface area (TPSA) is 52.9 Å². The van der Waals surface area contributed by atoms with Crippen LogP contribution < -0.4 is 5.32 Å². The number of thiocarbonyl (C=S) groups is 1. The summed E-state index contributed by atoms with van der Waals surface area (Å²) in [7, 11) is 0. The minimum Gasteiger partial charge on any atom is -0.349 e. The van der Waals surface area contributed by atoms with E-state index in [2.05, 4.69) is 11.9 Å². The van der Waals surface area contributed by atoms with E-state index >= 15 is 0 Å². The van der Waals surface area contributed by atoms with Crippen LogP contribution in [0.25, 0.3) is 0 Å². The van der Waals surface area contributed by atoms with Crippen molar-refractivity contribution in [3.05, 3.63) is 42.0 Å². The molecule has 0 radical (unpaired) electrons. The summed E-state index contributed by atoms with van der Waals surface area (Å²) in [5.41, 5.74) is -3.71. The largest absolute Gasteiger partial charge is 0.416 e. The highest BCUT2D eigenvalue weighted by Gasteiger charge is 2.37. The number of anilines is 1. The van der Waals surface area contributed by atoms with Crippen LogP contribution in [0.1, 0.15) is 17.5 Å². The highest BCUT2D eigenvalue weighted by molar-refractivity contribution is 7.80. The lowest BCUT2D eigenvalue weighted by Gasteiger charge is -2.16. The Hall–Kier alpha value is -2.41. The first kappa shape index (κ1) is 20.6. The second kappa shape index (κ2) is 7.65. The van der Waals surface area contributed by atoms with Crippen molar-refractivity contribution in [1.29, 1.82) is 5.26 Å². The van der Waals surface area contributed by atoms with Gasteiger partial charge in [0.1, 0.15) is 4.99 Å². The van der Waals surface area contributed by atoms with Crippen LogP contribution in [0.4, 0.5) is 32.0 Å². The molecule has 0 aliphatic carbocycles. The molecule has 0 aromatic heterocycles. The Morgan fingerprint density at radius 1 is 1.20 bits per heavy atom. The van der Waals surface area contributed by atoms with Gasteiger partial charge in [-0.1, -0.05) is 18.3 Å². The van der Waals surface area contributed by atoms with Crippen LogP contribution >= 0.6 is 12.2 Å². The molecule has 1 aromatic rings. The molecule has 25 heavy (non-hydrogen) atoms. The molecule has 1 atom stereocenters. The van der Waals surface area contributed by atoms with Crippen LogP contribution in [0.15, 0.2) is 30.9 Å². The number of allylic oxidation sites excluding steroid dienone is 1. The second-order valence-corrected chi connectivity index (χ2v) is 5.24. The molecule has 1 aromatic carbocycles. The average molecular weight is 380 g/mol. The van der Waals surface area contributed by atoms with Crippen molar-refractivity contribution >= 4 is 28.7 Å². The lowest BCUT2D eigenvalue weighted by atomic mass is 10.0. The number of Topliss-reactive ketones (excluding diaryl/α,β-unsaturated/α-hetero) is 1. The van der Waals surface area contributed by atoms with Crippen LogP contribution in [-0.4, -0.2) is 10.8 Å². The predicted molar refractivity (Wildman–Crippen MR) is 81.6 cm³/mol. The van der Waals surface area contributed by atoms with E-state index < -0.39 is 45.9 Å². The number of nitrogens with one attached hydrogen (secondary N) is 1. The van der Waals surface area contributed by atoms with E-state index in [1.165, 1.54) is 6.08 Å². The average Bonchev–Trinajstić information content (AvgIpc) is 2.46. The van der Waals surface area contributed by atoms with Gasteiger partial charge in [-0.05, 0) is 18.2 Å². The molecule has 1 N–H and O–H groups in total. The molecule has 134 valence electrons. The standard InChI is InChI=1S/C15H10F6N2OS/c1-2-3-12(24)11(7-22)13(25)23-10-5-8(14(16,17)18)4-9(6-10)15(19,20)21/h2,4-6,11H,1,3H2,(H,23,25). The Morgan fingerprint density at radius 2 is 1.68 bits per heavy atom. The zero-order valence-corrected chi connectivity index (χ0v) is 13.1. The number of carbonyl (C=O) groups excluding carboxylic acids is 1. The van der Waals surface area contributed by atoms with Gasteiger partial charge in [-0.3, -0.25) is 4.79 Å². The summed E-state index contributed by atoms with van der Waals surface area (Å²) in [6.45, 7) is 3.29. The Balaban J connectivity index is 3.24. The molecule has 0 saturated carbocycles. The number of nitriles is 1. The Labute approximate surface area is 143 Å². The number of carbonyl (C=O) groups is 1. The lowest BCUT2D eigenvalue weighted by molar-refractivity contribution is -0.143. The second-order valence-electron chi connectivity index (χ2n) is 4.81. The third-order valence-electron chi connectivity index (χ3n) is 2.91. The predicted octanol–water partition coefficient (Wildman–Crippen LogP) is 4.75. The van der Waals surface area contributed by atoms with E-state index in [0.29, 0.717) is 12.1 Å². The Kier molecular flexibility index (Phi) is 6.31. The summed E-state index contributed by atoms with van der Waals surface area (Å²) < 4.78 is 76.7. The van der Waals surface area contributed by atoms with Gasteiger partial charge in [0.15, 0.2) is 11.7 Å². The van der Waals surface area contributed by atoms with Crippen molar-refractivity contribution in [3.8, 4) is 6.07 Å². The molecule has 0 aliphatic rings. The summed E-state index contributed by atoms with van der Waals surface area (Å²) in [5.74, 6) is -2.20. The number of hydrogen-bond acceptors (Lipinski definition) is 3. The van der Waals surface area contributed by atoms with Gasteiger partial charge in [0.2, 0.25) is 0 Å². The zero-order chi connectivity index (χ0) is 19.4. The van der Waals surface area contributed by atoms with E-state index in [1.807, 2.05) is 0 Å². The summed E-state index contributed by atoms with van der Waals surface area (Å²) in [6, 6.07) is 2.33. The van der Waals surface area contributed by atoms with Crippen molar-refractivity contribution in [1.82, 2.24) is 0 Å². The van der Waals surface area contributed by atoms with Gasteiger partial charge in [0.25, 0.3) is 0 Å². The first-order valence-electron chi connectivity index (χ1n) is 6.53. The number of halogens is 6. The maximum absolute atomic E-state index is 12.8. The molecule has 0 aliphatic heterocycles. The van der Waals surface area contributed by atoms with Crippen molar-refractivity contribution in [3.63, 3.8) is 0 Å². The van der Waals surface area contributed by atoms with Crippen LogP contribution in [0.2, 0.25) is 0 Å². The quantitative estimate of drug-likeness (QED) is 0.455. The number of ketones is 1. The fraction of sp³-hybridized carbons (Fsp3) is 0.267. The van der Waals surface area contributed by atoms with E-state index in [-0.39, 0.29) is 12.5 Å². The van der Waals surface area contributed by atoms with Crippen molar-refractivity contribution in [2.24, 2.45) is 5.92 Å². The SMILES string of the molecule is C=CCC(=O)C(C#N)C(=S)Nc1cc(C(F)(F)F)cc(C(F)(F)F)c1. The van der Waals surface area contributed by atoms with E-state index in [1.54, 1.807) is 6.07 Å². The van der Waals surface area contributed by atoms with Crippen LogP contribution in [-0.2, 0) is 17.1 Å². The zero-order valence-electron chi connectivity index (χ0n) is 12.3. The fourth-order valence-electron chi connectivity index (χ4n) is 1.78. The fourth-order valence-corrected chi connectivity index (χ4v) is 2.08. The summed E-state index contributed by atoms with van der Waals surface area (Å²) in [6.07, 6.45) is -9.07. The molecule has 0 bridgehead atoms. The minimum absolute atomic E-state index is 0.0428. The Morgan fingerprint density at radius 3 is 2.04 bits per heavy atom. The van der Waals surface area contributed by atoms with Gasteiger partial charge in [0.05, 0.1) is 17.2 Å². The molecule has 0 saturated heterocycles. The molecule has 1 unspecified atom stereocenters. The first-order chi connectivity index (χ1) is 11.4. The van der Waals surface area contributed by atoms with Gasteiger partial charge < -0.3 is 5.32 Å². The Bertz CT molecular complexity index is 701. The van der Waals surface area contributed by atoms with Crippen molar-refractivity contribution in [2.45, 2.75) is 18.8 Å².